The third-order valence-electron chi connectivity index (χ3n) is 1.71. The van der Waals surface area contributed by atoms with E-state index >= 15 is 0 Å². The van der Waals surface area contributed by atoms with E-state index in [4.69, 9.17) is 4.74 Å². The summed E-state index contributed by atoms with van der Waals surface area (Å²) < 4.78 is 5.42. The zero-order valence-corrected chi connectivity index (χ0v) is 8.21. The number of ether oxygens (including phenoxy) is 1. The van der Waals surface area contributed by atoms with Crippen molar-refractivity contribution < 1.29 is 4.74 Å². The van der Waals surface area contributed by atoms with Crippen LogP contribution in [-0.2, 0) is 6.61 Å². The average Bonchev–Trinajstić information content (AvgIpc) is 2.67. The number of nitrogens with one attached hydrogen (secondary N) is 1. The van der Waals surface area contributed by atoms with Gasteiger partial charge >= 0.3 is 0 Å². The Bertz CT molecular complexity index is 447. The number of rotatable bonds is 3. The van der Waals surface area contributed by atoms with Gasteiger partial charge in [0.2, 0.25) is 0 Å². The Balaban J connectivity index is 2.02. The molecule has 2 aromatic heterocycles. The Kier molecular flexibility index (Phi) is 2.65. The topological polar surface area (TPSA) is 42.1 Å². The van der Waals surface area contributed by atoms with Crippen molar-refractivity contribution in [3.05, 3.63) is 51.1 Å². The normalized spacial score (nSPS) is 10.0. The van der Waals surface area contributed by atoms with E-state index in [0.717, 1.165) is 4.88 Å². The Hall–Kier alpha value is -1.55. The van der Waals surface area contributed by atoms with Crippen LogP contribution < -0.4 is 10.3 Å². The molecule has 0 bridgehead atoms. The number of H-pyrrole nitrogens is 1. The molecule has 0 saturated carbocycles. The summed E-state index contributed by atoms with van der Waals surface area (Å²) in [6, 6.07) is 7.14. The molecular weight excluding hydrogens is 198 g/mol. The van der Waals surface area contributed by atoms with Crippen molar-refractivity contribution in [2.45, 2.75) is 6.61 Å². The monoisotopic (exact) mass is 207 g/mol. The lowest BCUT2D eigenvalue weighted by atomic mass is 10.4. The second-order valence-corrected chi connectivity index (χ2v) is 3.79. The Morgan fingerprint density at radius 1 is 1.43 bits per heavy atom. The highest BCUT2D eigenvalue weighted by Crippen LogP contribution is 2.12. The fourth-order valence-electron chi connectivity index (χ4n) is 1.06. The van der Waals surface area contributed by atoms with Crippen molar-refractivity contribution in [3.63, 3.8) is 0 Å². The van der Waals surface area contributed by atoms with Gasteiger partial charge in [0.15, 0.2) is 0 Å². The van der Waals surface area contributed by atoms with Gasteiger partial charge in [-0.1, -0.05) is 6.07 Å². The van der Waals surface area contributed by atoms with E-state index < -0.39 is 0 Å². The van der Waals surface area contributed by atoms with Gasteiger partial charge in [0.05, 0.1) is 0 Å². The molecule has 72 valence electrons. The minimum Gasteiger partial charge on any atom is -0.488 e. The van der Waals surface area contributed by atoms with Crippen LogP contribution in [0.3, 0.4) is 0 Å². The van der Waals surface area contributed by atoms with Crippen LogP contribution in [0.1, 0.15) is 4.88 Å². The highest BCUT2D eigenvalue weighted by atomic mass is 32.1. The van der Waals surface area contributed by atoms with Crippen molar-refractivity contribution in [3.8, 4) is 5.75 Å². The minimum absolute atomic E-state index is 0.145. The third-order valence-corrected chi connectivity index (χ3v) is 2.56. The van der Waals surface area contributed by atoms with Crippen molar-refractivity contribution in [1.82, 2.24) is 4.98 Å². The summed E-state index contributed by atoms with van der Waals surface area (Å²) >= 11 is 1.64. The standard InChI is InChI=1S/C10H9NO2S/c12-10-6-8(3-4-11-10)13-7-9-2-1-5-14-9/h1-6H,7H2,(H,11,12). The van der Waals surface area contributed by atoms with Crippen LogP contribution in [-0.4, -0.2) is 4.98 Å². The molecular formula is C10H9NO2S. The summed E-state index contributed by atoms with van der Waals surface area (Å²) in [6.07, 6.45) is 1.58. The molecule has 2 rings (SSSR count). The lowest BCUT2D eigenvalue weighted by molar-refractivity contribution is 0.309. The molecule has 0 radical (unpaired) electrons. The lowest BCUT2D eigenvalue weighted by Crippen LogP contribution is -2.03. The average molecular weight is 207 g/mol. The maximum atomic E-state index is 10.9. The molecule has 14 heavy (non-hydrogen) atoms. The molecule has 0 spiro atoms. The van der Waals surface area contributed by atoms with Crippen LogP contribution in [0.25, 0.3) is 0 Å². The van der Waals surface area contributed by atoms with Crippen LogP contribution >= 0.6 is 11.3 Å². The molecule has 0 aliphatic rings. The van der Waals surface area contributed by atoms with Gasteiger partial charge in [-0.2, -0.15) is 0 Å². The smallest absolute Gasteiger partial charge is 0.251 e. The quantitative estimate of drug-likeness (QED) is 0.836. The first-order valence-corrected chi connectivity index (χ1v) is 5.06. The van der Waals surface area contributed by atoms with E-state index in [-0.39, 0.29) is 5.56 Å². The van der Waals surface area contributed by atoms with Crippen LogP contribution in [0.2, 0.25) is 0 Å². The number of thiophene rings is 1. The van der Waals surface area contributed by atoms with E-state index in [2.05, 4.69) is 4.98 Å². The first kappa shape index (κ1) is 9.02. The molecule has 0 aliphatic heterocycles. The molecule has 4 heteroatoms. The maximum Gasteiger partial charge on any atom is 0.251 e. The van der Waals surface area contributed by atoms with Crippen LogP contribution in [0, 0.1) is 0 Å². The lowest BCUT2D eigenvalue weighted by Gasteiger charge is -2.02. The summed E-state index contributed by atoms with van der Waals surface area (Å²) in [7, 11) is 0. The fourth-order valence-corrected chi connectivity index (χ4v) is 1.68. The minimum atomic E-state index is -0.145. The van der Waals surface area contributed by atoms with E-state index in [1.54, 1.807) is 23.6 Å². The molecule has 0 aliphatic carbocycles. The Morgan fingerprint density at radius 2 is 2.36 bits per heavy atom. The van der Waals surface area contributed by atoms with Crippen LogP contribution in [0.4, 0.5) is 0 Å². The van der Waals surface area contributed by atoms with Crippen molar-refractivity contribution >= 4 is 11.3 Å². The zero-order valence-electron chi connectivity index (χ0n) is 7.40. The molecule has 0 unspecified atom stereocenters. The van der Waals surface area contributed by atoms with Gasteiger partial charge in [-0.15, -0.1) is 11.3 Å². The van der Waals surface area contributed by atoms with Gasteiger partial charge in [-0.3, -0.25) is 4.79 Å². The summed E-state index contributed by atoms with van der Waals surface area (Å²) in [5, 5.41) is 2.00. The predicted octanol–water partition coefficient (Wildman–Crippen LogP) is 2.02. The molecule has 0 fully saturated rings. The molecule has 3 nitrogen and oxygen atoms in total. The second kappa shape index (κ2) is 4.11. The molecule has 0 atom stereocenters. The van der Waals surface area contributed by atoms with E-state index in [9.17, 15) is 4.79 Å². The maximum absolute atomic E-state index is 10.9. The van der Waals surface area contributed by atoms with Crippen molar-refractivity contribution in [2.75, 3.05) is 0 Å². The van der Waals surface area contributed by atoms with Gasteiger partial charge in [0, 0.05) is 17.1 Å². The fraction of sp³-hybridized carbons (Fsp3) is 0.100. The number of pyridine rings is 1. The second-order valence-electron chi connectivity index (χ2n) is 2.76. The summed E-state index contributed by atoms with van der Waals surface area (Å²) in [4.78, 5) is 14.6. The molecule has 1 N–H and O–H groups in total. The van der Waals surface area contributed by atoms with Crippen LogP contribution in [0.15, 0.2) is 40.6 Å². The first-order chi connectivity index (χ1) is 6.84. The molecule has 2 aromatic rings. The van der Waals surface area contributed by atoms with Gasteiger partial charge in [-0.25, -0.2) is 0 Å². The highest BCUT2D eigenvalue weighted by molar-refractivity contribution is 7.09. The highest BCUT2D eigenvalue weighted by Gasteiger charge is 1.96. The van der Waals surface area contributed by atoms with Crippen LogP contribution in [0.5, 0.6) is 5.75 Å². The SMILES string of the molecule is O=c1cc(OCc2cccs2)cc[nH]1. The number of hydrogen-bond acceptors (Lipinski definition) is 3. The van der Waals surface area contributed by atoms with Gasteiger partial charge in [0.1, 0.15) is 12.4 Å². The van der Waals surface area contributed by atoms with Gasteiger partial charge in [0.25, 0.3) is 5.56 Å². The third kappa shape index (κ3) is 2.23. The number of hydrogen-bond donors (Lipinski definition) is 1. The first-order valence-electron chi connectivity index (χ1n) is 4.18. The number of aromatic nitrogens is 1. The summed E-state index contributed by atoms with van der Waals surface area (Å²) in [6.45, 7) is 0.515. The van der Waals surface area contributed by atoms with Crippen molar-refractivity contribution in [2.24, 2.45) is 0 Å². The molecule has 0 aromatic carbocycles. The Morgan fingerprint density at radius 3 is 3.07 bits per heavy atom. The molecule has 2 heterocycles. The van der Waals surface area contributed by atoms with Crippen molar-refractivity contribution in [1.29, 1.82) is 0 Å². The van der Waals surface area contributed by atoms with Gasteiger partial charge < -0.3 is 9.72 Å². The van der Waals surface area contributed by atoms with Gasteiger partial charge in [-0.05, 0) is 17.5 Å². The molecule has 0 amide bonds. The zero-order chi connectivity index (χ0) is 9.80. The summed E-state index contributed by atoms with van der Waals surface area (Å²) in [5.74, 6) is 0.599. The number of aromatic amines is 1. The van der Waals surface area contributed by atoms with E-state index in [0.29, 0.717) is 12.4 Å². The molecule has 0 saturated heterocycles. The Labute approximate surface area is 85.0 Å². The largest absolute Gasteiger partial charge is 0.488 e. The van der Waals surface area contributed by atoms with E-state index in [1.165, 1.54) is 6.07 Å². The summed E-state index contributed by atoms with van der Waals surface area (Å²) in [5.41, 5.74) is -0.145. The van der Waals surface area contributed by atoms with E-state index in [1.807, 2.05) is 17.5 Å². The predicted molar refractivity (Wildman–Crippen MR) is 55.7 cm³/mol.